The Morgan fingerprint density at radius 1 is 0.929 bits per heavy atom. The van der Waals surface area contributed by atoms with E-state index in [1.165, 1.54) is 29.9 Å². The molecule has 0 unspecified atom stereocenters. The van der Waals surface area contributed by atoms with Crippen LogP contribution in [0.1, 0.15) is 24.1 Å². The van der Waals surface area contributed by atoms with Gasteiger partial charge in [0.15, 0.2) is 0 Å². The molecule has 144 valence electrons. The minimum absolute atomic E-state index is 0.00292. The number of rotatable bonds is 3. The minimum atomic E-state index is -0.800. The lowest BCUT2D eigenvalue weighted by atomic mass is 9.95. The van der Waals surface area contributed by atoms with Crippen molar-refractivity contribution in [1.29, 1.82) is 0 Å². The minimum Gasteiger partial charge on any atom is -0.495 e. The standard InChI is InChI=1S/C22H18F3NO2/c1-28-21-11-17(14-8-15(23)10-16(24)9-14)18(25)12-20(21)26-19-5-3-2-4-13(19)6-7-22(26)27/h6-12H,2-5H2,1H3. The Kier molecular flexibility index (Phi) is 4.71. The Bertz CT molecular complexity index is 1100. The Morgan fingerprint density at radius 2 is 1.64 bits per heavy atom. The maximum Gasteiger partial charge on any atom is 0.255 e. The molecule has 0 spiro atoms. The molecular formula is C22H18F3NO2. The normalized spacial score (nSPS) is 13.3. The number of pyridine rings is 1. The van der Waals surface area contributed by atoms with Crippen molar-refractivity contribution >= 4 is 0 Å². The first-order valence-corrected chi connectivity index (χ1v) is 9.06. The maximum absolute atomic E-state index is 14.9. The fourth-order valence-corrected chi connectivity index (χ4v) is 3.80. The van der Waals surface area contributed by atoms with Crippen LogP contribution in [-0.2, 0) is 12.8 Å². The summed E-state index contributed by atoms with van der Waals surface area (Å²) in [5, 5.41) is 0. The summed E-state index contributed by atoms with van der Waals surface area (Å²) in [6, 6.07) is 8.68. The number of methoxy groups -OCH3 is 1. The molecule has 0 radical (unpaired) electrons. The van der Waals surface area contributed by atoms with E-state index in [0.717, 1.165) is 48.7 Å². The number of halogens is 3. The van der Waals surface area contributed by atoms with Gasteiger partial charge in [-0.3, -0.25) is 9.36 Å². The molecule has 0 N–H and O–H groups in total. The summed E-state index contributed by atoms with van der Waals surface area (Å²) >= 11 is 0. The molecule has 2 aromatic carbocycles. The fraction of sp³-hybridized carbons (Fsp3) is 0.227. The predicted octanol–water partition coefficient (Wildman–Crippen LogP) is 4.81. The Labute approximate surface area is 160 Å². The summed E-state index contributed by atoms with van der Waals surface area (Å²) in [5.74, 6) is -2.04. The molecule has 1 heterocycles. The zero-order chi connectivity index (χ0) is 19.8. The first-order valence-electron chi connectivity index (χ1n) is 9.06. The van der Waals surface area contributed by atoms with Gasteiger partial charge in [0, 0.05) is 29.5 Å². The molecule has 1 aliphatic rings. The number of aryl methyl sites for hydroxylation is 1. The molecule has 0 saturated carbocycles. The van der Waals surface area contributed by atoms with E-state index in [0.29, 0.717) is 6.42 Å². The van der Waals surface area contributed by atoms with Crippen LogP contribution in [0.3, 0.4) is 0 Å². The third kappa shape index (κ3) is 3.19. The Hall–Kier alpha value is -3.02. The van der Waals surface area contributed by atoms with E-state index < -0.39 is 17.5 Å². The van der Waals surface area contributed by atoms with Gasteiger partial charge < -0.3 is 4.74 Å². The predicted molar refractivity (Wildman–Crippen MR) is 101 cm³/mol. The van der Waals surface area contributed by atoms with Gasteiger partial charge in [0.1, 0.15) is 23.2 Å². The molecule has 0 amide bonds. The van der Waals surface area contributed by atoms with Crippen molar-refractivity contribution in [3.05, 3.63) is 81.5 Å². The zero-order valence-corrected chi connectivity index (χ0v) is 15.3. The molecule has 1 aromatic heterocycles. The van der Waals surface area contributed by atoms with Crippen molar-refractivity contribution in [3.8, 4) is 22.6 Å². The average Bonchev–Trinajstić information content (AvgIpc) is 2.67. The van der Waals surface area contributed by atoms with Crippen LogP contribution in [0, 0.1) is 17.5 Å². The van der Waals surface area contributed by atoms with Gasteiger partial charge in [0.25, 0.3) is 5.56 Å². The smallest absolute Gasteiger partial charge is 0.255 e. The van der Waals surface area contributed by atoms with E-state index in [2.05, 4.69) is 0 Å². The number of fused-ring (bicyclic) bond motifs is 1. The summed E-state index contributed by atoms with van der Waals surface area (Å²) in [4.78, 5) is 12.6. The van der Waals surface area contributed by atoms with Crippen LogP contribution in [-0.4, -0.2) is 11.7 Å². The van der Waals surface area contributed by atoms with Crippen LogP contribution < -0.4 is 10.3 Å². The molecule has 3 aromatic rings. The second-order valence-electron chi connectivity index (χ2n) is 6.85. The van der Waals surface area contributed by atoms with Gasteiger partial charge in [-0.25, -0.2) is 13.2 Å². The van der Waals surface area contributed by atoms with E-state index in [4.69, 9.17) is 4.74 Å². The molecule has 4 rings (SSSR count). The second kappa shape index (κ2) is 7.19. The number of benzene rings is 2. The first kappa shape index (κ1) is 18.3. The van der Waals surface area contributed by atoms with Crippen molar-refractivity contribution in [2.24, 2.45) is 0 Å². The number of aromatic nitrogens is 1. The summed E-state index contributed by atoms with van der Waals surface area (Å²) in [6.07, 6.45) is 3.57. The lowest BCUT2D eigenvalue weighted by Gasteiger charge is -2.22. The molecule has 6 heteroatoms. The lowest BCUT2D eigenvalue weighted by molar-refractivity contribution is 0.411. The quantitative estimate of drug-likeness (QED) is 0.648. The van der Waals surface area contributed by atoms with Crippen LogP contribution in [0.25, 0.3) is 16.8 Å². The third-order valence-electron chi connectivity index (χ3n) is 5.08. The monoisotopic (exact) mass is 385 g/mol. The molecule has 0 fully saturated rings. The molecular weight excluding hydrogens is 367 g/mol. The number of nitrogens with zero attached hydrogens (tertiary/aromatic N) is 1. The number of ether oxygens (including phenoxy) is 1. The SMILES string of the molecule is COc1cc(-c2cc(F)cc(F)c2)c(F)cc1-n1c2c(ccc1=O)CCCC2. The largest absolute Gasteiger partial charge is 0.495 e. The van der Waals surface area contributed by atoms with Crippen LogP contribution in [0.5, 0.6) is 5.75 Å². The zero-order valence-electron chi connectivity index (χ0n) is 15.3. The highest BCUT2D eigenvalue weighted by atomic mass is 19.1. The highest BCUT2D eigenvalue weighted by Crippen LogP contribution is 2.34. The van der Waals surface area contributed by atoms with Gasteiger partial charge in [-0.1, -0.05) is 6.07 Å². The van der Waals surface area contributed by atoms with Crippen molar-refractivity contribution in [2.75, 3.05) is 7.11 Å². The number of hydrogen-bond donors (Lipinski definition) is 0. The fourth-order valence-electron chi connectivity index (χ4n) is 3.80. The third-order valence-corrected chi connectivity index (χ3v) is 5.08. The topological polar surface area (TPSA) is 31.2 Å². The van der Waals surface area contributed by atoms with Gasteiger partial charge in [-0.2, -0.15) is 0 Å². The summed E-state index contributed by atoms with van der Waals surface area (Å²) in [6.45, 7) is 0. The van der Waals surface area contributed by atoms with Gasteiger partial charge in [-0.05, 0) is 55.0 Å². The van der Waals surface area contributed by atoms with Crippen LogP contribution in [0.2, 0.25) is 0 Å². The van der Waals surface area contributed by atoms with Crippen molar-refractivity contribution in [2.45, 2.75) is 25.7 Å². The van der Waals surface area contributed by atoms with Crippen molar-refractivity contribution in [1.82, 2.24) is 4.57 Å². The molecule has 1 aliphatic carbocycles. The maximum atomic E-state index is 14.9. The highest BCUT2D eigenvalue weighted by Gasteiger charge is 2.20. The van der Waals surface area contributed by atoms with Crippen LogP contribution >= 0.6 is 0 Å². The summed E-state index contributed by atoms with van der Waals surface area (Å²) in [7, 11) is 1.41. The summed E-state index contributed by atoms with van der Waals surface area (Å²) < 4.78 is 49.0. The molecule has 0 atom stereocenters. The molecule has 0 bridgehead atoms. The van der Waals surface area contributed by atoms with Crippen LogP contribution in [0.15, 0.2) is 47.3 Å². The number of hydrogen-bond acceptors (Lipinski definition) is 2. The van der Waals surface area contributed by atoms with Gasteiger partial charge in [0.05, 0.1) is 12.8 Å². The summed E-state index contributed by atoms with van der Waals surface area (Å²) in [5.41, 5.74) is 1.97. The van der Waals surface area contributed by atoms with E-state index in [9.17, 15) is 18.0 Å². The van der Waals surface area contributed by atoms with Gasteiger partial charge in [0.2, 0.25) is 0 Å². The van der Waals surface area contributed by atoms with Crippen molar-refractivity contribution in [3.63, 3.8) is 0 Å². The van der Waals surface area contributed by atoms with E-state index >= 15 is 0 Å². The molecule has 0 saturated heterocycles. The van der Waals surface area contributed by atoms with E-state index in [-0.39, 0.29) is 28.1 Å². The van der Waals surface area contributed by atoms with Crippen LogP contribution in [0.4, 0.5) is 13.2 Å². The first-order chi connectivity index (χ1) is 13.5. The second-order valence-corrected chi connectivity index (χ2v) is 6.85. The Morgan fingerprint density at radius 3 is 2.36 bits per heavy atom. The lowest BCUT2D eigenvalue weighted by Crippen LogP contribution is -2.25. The highest BCUT2D eigenvalue weighted by molar-refractivity contribution is 5.69. The molecule has 0 aliphatic heterocycles. The van der Waals surface area contributed by atoms with E-state index in [1.807, 2.05) is 6.07 Å². The Balaban J connectivity index is 1.94. The van der Waals surface area contributed by atoms with Gasteiger partial charge in [-0.15, -0.1) is 0 Å². The van der Waals surface area contributed by atoms with Gasteiger partial charge >= 0.3 is 0 Å². The van der Waals surface area contributed by atoms with Crippen molar-refractivity contribution < 1.29 is 17.9 Å². The molecule has 28 heavy (non-hydrogen) atoms. The van der Waals surface area contributed by atoms with E-state index in [1.54, 1.807) is 0 Å². The average molecular weight is 385 g/mol. The molecule has 3 nitrogen and oxygen atoms in total.